The van der Waals surface area contributed by atoms with Crippen LogP contribution in [0.3, 0.4) is 0 Å². The van der Waals surface area contributed by atoms with Gasteiger partial charge in [0.2, 0.25) is 11.9 Å². The summed E-state index contributed by atoms with van der Waals surface area (Å²) in [6, 6.07) is 1.06. The molecule has 264 valence electrons. The van der Waals surface area contributed by atoms with Gasteiger partial charge in [-0.1, -0.05) is 25.7 Å². The molecule has 3 aliphatic heterocycles. The minimum atomic E-state index is 0.103. The summed E-state index contributed by atoms with van der Waals surface area (Å²) in [7, 11) is 6.95. The molecule has 3 fully saturated rings. The SMILES string of the molecule is Cc1nc(N2CCOCC2)nc(N(CCCCCCCCN(C)C2CC(C)(C)N(C)C(C)(C)C2)C2CC(C)(C)N(C)C(C)(C)C2)n1. The van der Waals surface area contributed by atoms with E-state index in [1.54, 1.807) is 0 Å². The number of unbranched alkanes of at least 4 members (excludes halogenated alkanes) is 5. The van der Waals surface area contributed by atoms with Crippen molar-refractivity contribution in [1.82, 2.24) is 29.7 Å². The Morgan fingerprint density at radius 1 is 0.652 bits per heavy atom. The molecule has 0 unspecified atom stereocenters. The van der Waals surface area contributed by atoms with Crippen LogP contribution in [0.25, 0.3) is 0 Å². The molecule has 4 rings (SSSR count). The quantitative estimate of drug-likeness (QED) is 0.228. The van der Waals surface area contributed by atoms with Gasteiger partial charge in [-0.15, -0.1) is 0 Å². The smallest absolute Gasteiger partial charge is 0.230 e. The van der Waals surface area contributed by atoms with Crippen molar-refractivity contribution in [3.8, 4) is 0 Å². The highest BCUT2D eigenvalue weighted by Gasteiger charge is 2.46. The van der Waals surface area contributed by atoms with Crippen molar-refractivity contribution in [2.45, 2.75) is 161 Å². The third kappa shape index (κ3) is 9.12. The molecular formula is C37H70N8O. The molecular weight excluding hydrogens is 572 g/mol. The van der Waals surface area contributed by atoms with Crippen LogP contribution in [-0.2, 0) is 4.74 Å². The predicted molar refractivity (Wildman–Crippen MR) is 193 cm³/mol. The topological polar surface area (TPSA) is 64.1 Å². The van der Waals surface area contributed by atoms with Gasteiger partial charge in [0.25, 0.3) is 0 Å². The number of rotatable bonds is 13. The fraction of sp³-hybridized carbons (Fsp3) is 0.919. The molecule has 0 bridgehead atoms. The predicted octanol–water partition coefficient (Wildman–Crippen LogP) is 6.40. The average molecular weight is 643 g/mol. The lowest BCUT2D eigenvalue weighted by molar-refractivity contribution is -0.0426. The van der Waals surface area contributed by atoms with Gasteiger partial charge >= 0.3 is 0 Å². The summed E-state index contributed by atoms with van der Waals surface area (Å²) in [4.78, 5) is 27.5. The molecule has 3 saturated heterocycles. The van der Waals surface area contributed by atoms with Crippen LogP contribution in [0, 0.1) is 6.92 Å². The zero-order valence-electron chi connectivity index (χ0n) is 32.0. The largest absolute Gasteiger partial charge is 0.378 e. The summed E-state index contributed by atoms with van der Waals surface area (Å²) in [5, 5.41) is 0. The van der Waals surface area contributed by atoms with Gasteiger partial charge in [-0.05, 0) is 129 Å². The number of piperidine rings is 2. The van der Waals surface area contributed by atoms with Crippen LogP contribution in [0.15, 0.2) is 0 Å². The molecule has 0 spiro atoms. The summed E-state index contributed by atoms with van der Waals surface area (Å²) < 4.78 is 5.61. The molecule has 0 atom stereocenters. The number of aromatic nitrogens is 3. The number of ether oxygens (including phenoxy) is 1. The highest BCUT2D eigenvalue weighted by Crippen LogP contribution is 2.40. The normalized spacial score (nSPS) is 24.1. The van der Waals surface area contributed by atoms with Crippen molar-refractivity contribution in [3.63, 3.8) is 0 Å². The molecule has 0 saturated carbocycles. The van der Waals surface area contributed by atoms with E-state index < -0.39 is 0 Å². The minimum absolute atomic E-state index is 0.103. The Kier molecular flexibility index (Phi) is 12.1. The minimum Gasteiger partial charge on any atom is -0.378 e. The number of hydrogen-bond acceptors (Lipinski definition) is 9. The number of morpholine rings is 1. The Balaban J connectivity index is 1.32. The van der Waals surface area contributed by atoms with Crippen molar-refractivity contribution in [1.29, 1.82) is 0 Å². The van der Waals surface area contributed by atoms with Gasteiger partial charge in [-0.2, -0.15) is 15.0 Å². The van der Waals surface area contributed by atoms with Crippen molar-refractivity contribution < 1.29 is 4.74 Å². The maximum Gasteiger partial charge on any atom is 0.230 e. The first-order chi connectivity index (χ1) is 21.4. The highest BCUT2D eigenvalue weighted by atomic mass is 16.5. The van der Waals surface area contributed by atoms with E-state index in [9.17, 15) is 0 Å². The molecule has 0 amide bonds. The van der Waals surface area contributed by atoms with Gasteiger partial charge < -0.3 is 19.4 Å². The van der Waals surface area contributed by atoms with Gasteiger partial charge in [0.15, 0.2) is 0 Å². The number of likely N-dealkylation sites (tertiary alicyclic amines) is 2. The zero-order valence-corrected chi connectivity index (χ0v) is 32.0. The van der Waals surface area contributed by atoms with E-state index in [1.807, 2.05) is 6.92 Å². The molecule has 0 aliphatic carbocycles. The van der Waals surface area contributed by atoms with Crippen LogP contribution in [0.4, 0.5) is 11.9 Å². The zero-order chi connectivity index (χ0) is 33.9. The van der Waals surface area contributed by atoms with E-state index in [0.29, 0.717) is 12.1 Å². The summed E-state index contributed by atoms with van der Waals surface area (Å²) >= 11 is 0. The standard InChI is InChI=1S/C37H70N8O/c1-29-38-32(44-21-23-46-24-22-44)40-33(39-29)45(31-27-36(6,7)43(12)37(8,9)28-31)20-18-16-14-13-15-17-19-41(10)30-25-34(2,3)42(11)35(4,5)26-30/h30-31H,13-28H2,1-12H3. The third-order valence-corrected chi connectivity index (χ3v) is 12.1. The summed E-state index contributed by atoms with van der Waals surface area (Å²) in [6.07, 6.45) is 12.4. The summed E-state index contributed by atoms with van der Waals surface area (Å²) in [5.41, 5.74) is 0.702. The molecule has 3 aliphatic rings. The Hall–Kier alpha value is -1.55. The first-order valence-corrected chi connectivity index (χ1v) is 18.4. The van der Waals surface area contributed by atoms with E-state index in [0.717, 1.165) is 63.4 Å². The van der Waals surface area contributed by atoms with Gasteiger partial charge in [0, 0.05) is 53.9 Å². The lowest BCUT2D eigenvalue weighted by Crippen LogP contribution is -2.63. The summed E-state index contributed by atoms with van der Waals surface area (Å²) in [5.74, 6) is 2.47. The molecule has 9 nitrogen and oxygen atoms in total. The molecule has 0 aromatic carbocycles. The van der Waals surface area contributed by atoms with Crippen molar-refractivity contribution in [2.75, 3.05) is 70.3 Å². The van der Waals surface area contributed by atoms with Crippen LogP contribution in [-0.4, -0.2) is 124 Å². The van der Waals surface area contributed by atoms with Crippen LogP contribution >= 0.6 is 0 Å². The lowest BCUT2D eigenvalue weighted by Gasteiger charge is -2.55. The van der Waals surface area contributed by atoms with E-state index in [1.165, 1.54) is 57.9 Å². The lowest BCUT2D eigenvalue weighted by atomic mass is 9.77. The maximum atomic E-state index is 5.61. The molecule has 1 aromatic heterocycles. The number of nitrogens with zero attached hydrogens (tertiary/aromatic N) is 8. The Morgan fingerprint density at radius 3 is 1.63 bits per heavy atom. The molecule has 1 aromatic rings. The highest BCUT2D eigenvalue weighted by molar-refractivity contribution is 5.41. The van der Waals surface area contributed by atoms with Crippen molar-refractivity contribution in [3.05, 3.63) is 5.82 Å². The third-order valence-electron chi connectivity index (χ3n) is 12.1. The number of aryl methyl sites for hydroxylation is 1. The Bertz CT molecular complexity index is 1080. The van der Waals surface area contributed by atoms with Crippen molar-refractivity contribution >= 4 is 11.9 Å². The van der Waals surface area contributed by atoms with Gasteiger partial charge in [0.05, 0.1) is 13.2 Å². The van der Waals surface area contributed by atoms with Crippen LogP contribution in [0.5, 0.6) is 0 Å². The fourth-order valence-corrected chi connectivity index (χ4v) is 8.64. The Morgan fingerprint density at radius 2 is 1.11 bits per heavy atom. The number of anilines is 2. The van der Waals surface area contributed by atoms with Gasteiger partial charge in [-0.25, -0.2) is 0 Å². The van der Waals surface area contributed by atoms with E-state index in [4.69, 9.17) is 19.7 Å². The van der Waals surface area contributed by atoms with Crippen LogP contribution < -0.4 is 9.80 Å². The Labute approximate surface area is 282 Å². The first-order valence-electron chi connectivity index (χ1n) is 18.4. The maximum absolute atomic E-state index is 5.61. The number of hydrogen-bond donors (Lipinski definition) is 0. The molecule has 0 radical (unpaired) electrons. The van der Waals surface area contributed by atoms with E-state index in [-0.39, 0.29) is 22.2 Å². The van der Waals surface area contributed by atoms with Gasteiger partial charge in [-0.3, -0.25) is 9.80 Å². The average Bonchev–Trinajstić information content (AvgIpc) is 2.97. The fourth-order valence-electron chi connectivity index (χ4n) is 8.64. The van der Waals surface area contributed by atoms with Gasteiger partial charge in [0.1, 0.15) is 5.82 Å². The second-order valence-corrected chi connectivity index (χ2v) is 17.4. The second-order valence-electron chi connectivity index (χ2n) is 17.4. The van der Waals surface area contributed by atoms with E-state index in [2.05, 4.69) is 101 Å². The second kappa shape index (κ2) is 14.9. The van der Waals surface area contributed by atoms with Crippen LogP contribution in [0.1, 0.15) is 125 Å². The van der Waals surface area contributed by atoms with Crippen LogP contribution in [0.2, 0.25) is 0 Å². The summed E-state index contributed by atoms with van der Waals surface area (Å²) in [6.45, 7) is 26.6. The molecule has 0 N–H and O–H groups in total. The van der Waals surface area contributed by atoms with E-state index >= 15 is 0 Å². The molecule has 4 heterocycles. The molecule has 9 heteroatoms. The monoisotopic (exact) mass is 643 g/mol. The first kappa shape index (κ1) is 37.3. The molecule has 46 heavy (non-hydrogen) atoms. The van der Waals surface area contributed by atoms with Crippen molar-refractivity contribution in [2.24, 2.45) is 0 Å².